The molecule has 0 radical (unpaired) electrons. The topological polar surface area (TPSA) is 101 Å². The first-order valence-electron chi connectivity index (χ1n) is 10.9. The van der Waals surface area contributed by atoms with Crippen molar-refractivity contribution in [2.75, 3.05) is 13.2 Å². The minimum atomic E-state index is -0.215. The van der Waals surface area contributed by atoms with E-state index in [2.05, 4.69) is 15.0 Å². The molecule has 1 aliphatic heterocycles. The van der Waals surface area contributed by atoms with Crippen LogP contribution in [0.5, 0.6) is 0 Å². The summed E-state index contributed by atoms with van der Waals surface area (Å²) in [5, 5.41) is 2.48. The van der Waals surface area contributed by atoms with E-state index in [1.54, 1.807) is 23.1 Å². The van der Waals surface area contributed by atoms with Gasteiger partial charge in [-0.25, -0.2) is 9.97 Å². The lowest BCUT2D eigenvalue weighted by Crippen LogP contribution is -2.38. The van der Waals surface area contributed by atoms with Crippen LogP contribution in [0.4, 0.5) is 0 Å². The smallest absolute Gasteiger partial charge is 0.258 e. The summed E-state index contributed by atoms with van der Waals surface area (Å²) < 4.78 is 11.6. The summed E-state index contributed by atoms with van der Waals surface area (Å²) in [6.07, 6.45) is 1.95. The van der Waals surface area contributed by atoms with Crippen LogP contribution < -0.4 is 5.56 Å². The number of para-hydroxylation sites is 1. The van der Waals surface area contributed by atoms with Crippen LogP contribution in [0.1, 0.15) is 30.1 Å². The minimum absolute atomic E-state index is 0.0267. The second kappa shape index (κ2) is 9.29. The summed E-state index contributed by atoms with van der Waals surface area (Å²) in [4.78, 5) is 40.4. The molecule has 0 spiro atoms. The summed E-state index contributed by atoms with van der Waals surface area (Å²) in [6.45, 7) is 3.14. The number of carbonyl (C=O) groups is 1. The van der Waals surface area contributed by atoms with E-state index >= 15 is 0 Å². The summed E-state index contributed by atoms with van der Waals surface area (Å²) in [5.74, 6) is 1.48. The molecule has 8 nitrogen and oxygen atoms in total. The van der Waals surface area contributed by atoms with Gasteiger partial charge in [-0.15, -0.1) is 11.3 Å². The molecule has 0 unspecified atom stereocenters. The molecule has 170 valence electrons. The van der Waals surface area contributed by atoms with Crippen LogP contribution in [0.25, 0.3) is 21.7 Å². The average molecular weight is 465 g/mol. The van der Waals surface area contributed by atoms with Gasteiger partial charge in [0.15, 0.2) is 0 Å². The van der Waals surface area contributed by atoms with E-state index in [1.165, 1.54) is 11.3 Å². The molecule has 0 bridgehead atoms. The first kappa shape index (κ1) is 21.5. The Morgan fingerprint density at radius 3 is 2.91 bits per heavy atom. The Balaban J connectivity index is 1.39. The Morgan fingerprint density at radius 1 is 1.24 bits per heavy atom. The van der Waals surface area contributed by atoms with E-state index in [0.29, 0.717) is 47.2 Å². The number of amides is 1. The molecule has 33 heavy (non-hydrogen) atoms. The van der Waals surface area contributed by atoms with Crippen molar-refractivity contribution in [3.05, 3.63) is 69.4 Å². The molecular formula is C24H24N4O4S. The Hall–Kier alpha value is -3.30. The summed E-state index contributed by atoms with van der Waals surface area (Å²) in [6, 6.07) is 11.0. The summed E-state index contributed by atoms with van der Waals surface area (Å²) in [7, 11) is 0. The van der Waals surface area contributed by atoms with Crippen molar-refractivity contribution in [3.8, 4) is 10.8 Å². The monoisotopic (exact) mass is 464 g/mol. The normalized spacial score (nSPS) is 15.8. The fourth-order valence-corrected chi connectivity index (χ4v) is 4.68. The van der Waals surface area contributed by atoms with Gasteiger partial charge in [-0.1, -0.05) is 18.2 Å². The summed E-state index contributed by atoms with van der Waals surface area (Å²) >= 11 is 1.54. The molecular weight excluding hydrogens is 440 g/mol. The maximum Gasteiger partial charge on any atom is 0.258 e. The first-order chi connectivity index (χ1) is 16.1. The Morgan fingerprint density at radius 2 is 2.12 bits per heavy atom. The van der Waals surface area contributed by atoms with Gasteiger partial charge in [-0.3, -0.25) is 9.59 Å². The van der Waals surface area contributed by atoms with Gasteiger partial charge in [-0.2, -0.15) is 0 Å². The van der Waals surface area contributed by atoms with E-state index in [9.17, 15) is 9.59 Å². The fraction of sp³-hybridized carbons (Fsp3) is 0.333. The number of fused-ring (bicyclic) bond motifs is 1. The van der Waals surface area contributed by atoms with Crippen molar-refractivity contribution in [2.45, 2.75) is 38.8 Å². The lowest BCUT2D eigenvalue weighted by atomic mass is 10.2. The van der Waals surface area contributed by atoms with Crippen LogP contribution >= 0.6 is 11.3 Å². The molecule has 0 saturated carbocycles. The Kier molecular flexibility index (Phi) is 6.06. The molecule has 1 aliphatic rings. The molecule has 1 aromatic carbocycles. The number of hydrogen-bond acceptors (Lipinski definition) is 7. The minimum Gasteiger partial charge on any atom is -0.440 e. The quantitative estimate of drug-likeness (QED) is 0.448. The van der Waals surface area contributed by atoms with Gasteiger partial charge < -0.3 is 19.0 Å². The van der Waals surface area contributed by atoms with Crippen molar-refractivity contribution in [3.63, 3.8) is 0 Å². The highest BCUT2D eigenvalue weighted by molar-refractivity contribution is 7.13. The van der Waals surface area contributed by atoms with Gasteiger partial charge in [0.2, 0.25) is 11.8 Å². The number of ether oxygens (including phenoxy) is 1. The molecule has 1 N–H and O–H groups in total. The number of aromatic amines is 1. The van der Waals surface area contributed by atoms with Gasteiger partial charge in [-0.05, 0) is 43.3 Å². The largest absolute Gasteiger partial charge is 0.440 e. The number of nitrogens with zero attached hydrogens (tertiary/aromatic N) is 3. The highest BCUT2D eigenvalue weighted by Gasteiger charge is 2.25. The maximum atomic E-state index is 13.4. The van der Waals surface area contributed by atoms with E-state index in [0.717, 1.165) is 17.7 Å². The third kappa shape index (κ3) is 4.74. The Bertz CT molecular complexity index is 1320. The van der Waals surface area contributed by atoms with E-state index < -0.39 is 0 Å². The Labute approximate surface area is 194 Å². The van der Waals surface area contributed by atoms with E-state index in [4.69, 9.17) is 9.15 Å². The number of thiophene rings is 1. The fourth-order valence-electron chi connectivity index (χ4n) is 4.03. The highest BCUT2D eigenvalue weighted by Crippen LogP contribution is 2.26. The lowest BCUT2D eigenvalue weighted by Gasteiger charge is -2.25. The van der Waals surface area contributed by atoms with Crippen LogP contribution in [-0.2, 0) is 22.5 Å². The standard InChI is InChI=1S/C24H24N4O4S/c1-15-19(26-24(32-15)20-9-5-11-33-20)12-22(29)28(13-16-6-4-10-31-16)14-21-25-18-8-3-2-7-17(18)23(30)27-21/h2-3,5,7-9,11,16H,4,6,10,12-14H2,1H3,(H,25,27,30)/t16-/m1/s1. The van der Waals surface area contributed by atoms with Crippen LogP contribution in [0, 0.1) is 6.92 Å². The molecule has 0 aliphatic carbocycles. The van der Waals surface area contributed by atoms with Gasteiger partial charge in [0.25, 0.3) is 5.56 Å². The molecule has 4 aromatic rings. The average Bonchev–Trinajstić information content (AvgIpc) is 3.57. The lowest BCUT2D eigenvalue weighted by molar-refractivity contribution is -0.132. The van der Waals surface area contributed by atoms with Crippen LogP contribution in [0.2, 0.25) is 0 Å². The molecule has 1 atom stereocenters. The second-order valence-corrected chi connectivity index (χ2v) is 9.06. The number of benzene rings is 1. The van der Waals surface area contributed by atoms with Crippen LogP contribution in [0.3, 0.4) is 0 Å². The predicted octanol–water partition coefficient (Wildman–Crippen LogP) is 3.70. The number of rotatable bonds is 7. The predicted molar refractivity (Wildman–Crippen MR) is 125 cm³/mol. The molecule has 3 aromatic heterocycles. The van der Waals surface area contributed by atoms with Crippen molar-refractivity contribution in [2.24, 2.45) is 0 Å². The van der Waals surface area contributed by atoms with Gasteiger partial charge in [0.1, 0.15) is 11.6 Å². The third-order valence-corrected chi connectivity index (χ3v) is 6.60. The molecule has 1 saturated heterocycles. The zero-order chi connectivity index (χ0) is 22.8. The molecule has 1 fully saturated rings. The van der Waals surface area contributed by atoms with Gasteiger partial charge in [0, 0.05) is 13.2 Å². The van der Waals surface area contributed by atoms with Gasteiger partial charge >= 0.3 is 0 Å². The highest BCUT2D eigenvalue weighted by atomic mass is 32.1. The van der Waals surface area contributed by atoms with Crippen LogP contribution in [-0.4, -0.2) is 45.0 Å². The van der Waals surface area contributed by atoms with Crippen molar-refractivity contribution < 1.29 is 13.9 Å². The van der Waals surface area contributed by atoms with E-state index in [1.807, 2.05) is 30.5 Å². The summed E-state index contributed by atoms with van der Waals surface area (Å²) in [5.41, 5.74) is 1.00. The first-order valence-corrected chi connectivity index (χ1v) is 11.8. The number of aryl methyl sites for hydroxylation is 1. The number of carbonyl (C=O) groups excluding carboxylic acids is 1. The SMILES string of the molecule is Cc1oc(-c2cccs2)nc1CC(=O)N(Cc1nc2ccccc2c(=O)[nH]1)C[C@H]1CCCO1. The van der Waals surface area contributed by atoms with Crippen molar-refractivity contribution in [1.29, 1.82) is 0 Å². The maximum absolute atomic E-state index is 13.4. The van der Waals surface area contributed by atoms with E-state index in [-0.39, 0.29) is 30.5 Å². The zero-order valence-electron chi connectivity index (χ0n) is 18.2. The number of oxazole rings is 1. The van der Waals surface area contributed by atoms with Crippen molar-refractivity contribution >= 4 is 28.1 Å². The molecule has 5 rings (SSSR count). The number of aromatic nitrogens is 3. The molecule has 9 heteroatoms. The number of H-pyrrole nitrogens is 1. The third-order valence-electron chi connectivity index (χ3n) is 5.75. The second-order valence-electron chi connectivity index (χ2n) is 8.12. The number of hydrogen-bond donors (Lipinski definition) is 1. The van der Waals surface area contributed by atoms with Crippen molar-refractivity contribution in [1.82, 2.24) is 19.9 Å². The molecule has 4 heterocycles. The molecule has 1 amide bonds. The van der Waals surface area contributed by atoms with Gasteiger partial charge in [0.05, 0.1) is 40.5 Å². The van der Waals surface area contributed by atoms with Crippen LogP contribution in [0.15, 0.2) is 51.0 Å². The number of nitrogens with one attached hydrogen (secondary N) is 1. The zero-order valence-corrected chi connectivity index (χ0v) is 19.1.